The van der Waals surface area contributed by atoms with E-state index in [9.17, 15) is 5.11 Å². The van der Waals surface area contributed by atoms with E-state index in [0.29, 0.717) is 12.0 Å². The zero-order valence-electron chi connectivity index (χ0n) is 14.4. The van der Waals surface area contributed by atoms with Crippen molar-refractivity contribution in [2.24, 2.45) is 5.92 Å². The number of anilines is 1. The summed E-state index contributed by atoms with van der Waals surface area (Å²) >= 11 is 0. The van der Waals surface area contributed by atoms with E-state index < -0.39 is 6.10 Å². The van der Waals surface area contributed by atoms with Gasteiger partial charge in [-0.05, 0) is 37.8 Å². The third-order valence-electron chi connectivity index (χ3n) is 3.94. The van der Waals surface area contributed by atoms with E-state index in [0.717, 1.165) is 36.4 Å². The summed E-state index contributed by atoms with van der Waals surface area (Å²) in [5, 5.41) is 10.2. The Hall–Kier alpha value is -1.22. The van der Waals surface area contributed by atoms with Crippen LogP contribution in [-0.2, 0) is 0 Å². The highest BCUT2D eigenvalue weighted by Gasteiger charge is 2.23. The average Bonchev–Trinajstić information content (AvgIpc) is 2.46. The van der Waals surface area contributed by atoms with Crippen LogP contribution in [0, 0.1) is 5.92 Å². The Morgan fingerprint density at radius 2 is 1.76 bits per heavy atom. The molecule has 120 valence electrons. The van der Waals surface area contributed by atoms with Gasteiger partial charge in [0.15, 0.2) is 0 Å². The molecule has 3 heteroatoms. The maximum atomic E-state index is 10.2. The van der Waals surface area contributed by atoms with Crippen molar-refractivity contribution in [2.75, 3.05) is 18.6 Å². The molecule has 0 saturated heterocycles. The van der Waals surface area contributed by atoms with Crippen molar-refractivity contribution in [2.45, 2.75) is 59.6 Å². The van der Waals surface area contributed by atoms with E-state index in [1.165, 1.54) is 0 Å². The molecule has 0 amide bonds. The Labute approximate surface area is 129 Å². The first-order valence-electron chi connectivity index (χ1n) is 8.07. The number of aliphatic hydroxyl groups excluding tert-OH is 1. The summed E-state index contributed by atoms with van der Waals surface area (Å²) in [7, 11) is 1.66. The molecule has 0 spiro atoms. The molecule has 3 nitrogen and oxygen atoms in total. The second kappa shape index (κ2) is 8.28. The minimum atomic E-state index is -0.542. The van der Waals surface area contributed by atoms with Gasteiger partial charge in [0, 0.05) is 23.8 Å². The third kappa shape index (κ3) is 4.37. The molecule has 1 atom stereocenters. The number of hydrogen-bond acceptors (Lipinski definition) is 3. The lowest BCUT2D eigenvalue weighted by atomic mass is 10.0. The highest BCUT2D eigenvalue weighted by molar-refractivity contribution is 5.61. The maximum Gasteiger partial charge on any atom is 0.126 e. The molecule has 0 heterocycles. The van der Waals surface area contributed by atoms with Crippen molar-refractivity contribution in [1.29, 1.82) is 0 Å². The predicted molar refractivity (Wildman–Crippen MR) is 90.2 cm³/mol. The number of benzene rings is 1. The molecule has 1 aromatic rings. The zero-order chi connectivity index (χ0) is 16.0. The number of methoxy groups -OCH3 is 1. The quantitative estimate of drug-likeness (QED) is 0.771. The predicted octanol–water partition coefficient (Wildman–Crippen LogP) is 4.40. The number of ether oxygens (including phenoxy) is 1. The number of aliphatic hydroxyl groups is 1. The van der Waals surface area contributed by atoms with E-state index >= 15 is 0 Å². The van der Waals surface area contributed by atoms with Crippen molar-refractivity contribution in [1.82, 2.24) is 0 Å². The van der Waals surface area contributed by atoms with Gasteiger partial charge in [0.25, 0.3) is 0 Å². The summed E-state index contributed by atoms with van der Waals surface area (Å²) in [6.07, 6.45) is 1.65. The molecule has 0 aliphatic rings. The summed E-state index contributed by atoms with van der Waals surface area (Å²) < 4.78 is 5.46. The third-order valence-corrected chi connectivity index (χ3v) is 3.94. The van der Waals surface area contributed by atoms with Gasteiger partial charge in [-0.15, -0.1) is 0 Å². The lowest BCUT2D eigenvalue weighted by molar-refractivity contribution is 0.194. The van der Waals surface area contributed by atoms with Gasteiger partial charge in [-0.2, -0.15) is 0 Å². The van der Waals surface area contributed by atoms with Gasteiger partial charge in [-0.1, -0.05) is 33.8 Å². The Balaban J connectivity index is 3.35. The Bertz CT molecular complexity index is 425. The largest absolute Gasteiger partial charge is 0.496 e. The van der Waals surface area contributed by atoms with E-state index in [4.69, 9.17) is 4.74 Å². The Kier molecular flexibility index (Phi) is 7.03. The van der Waals surface area contributed by atoms with E-state index in [1.807, 2.05) is 19.1 Å². The molecule has 0 saturated carbocycles. The Morgan fingerprint density at radius 1 is 1.14 bits per heavy atom. The molecule has 0 bridgehead atoms. The number of rotatable bonds is 8. The van der Waals surface area contributed by atoms with E-state index in [2.05, 4.69) is 38.7 Å². The summed E-state index contributed by atoms with van der Waals surface area (Å²) in [5.41, 5.74) is 2.00. The minimum Gasteiger partial charge on any atom is -0.496 e. The van der Waals surface area contributed by atoms with Crippen LogP contribution in [0.3, 0.4) is 0 Å². The zero-order valence-corrected chi connectivity index (χ0v) is 14.4. The maximum absolute atomic E-state index is 10.2. The second-order valence-corrected chi connectivity index (χ2v) is 6.09. The summed E-state index contributed by atoms with van der Waals surface area (Å²) in [6, 6.07) is 6.52. The molecular weight excluding hydrogens is 262 g/mol. The first kappa shape index (κ1) is 17.8. The van der Waals surface area contributed by atoms with Crippen molar-refractivity contribution < 1.29 is 9.84 Å². The molecular formula is C18H31NO2. The van der Waals surface area contributed by atoms with Gasteiger partial charge in [0.1, 0.15) is 5.75 Å². The second-order valence-electron chi connectivity index (χ2n) is 6.09. The molecule has 0 radical (unpaired) electrons. The van der Waals surface area contributed by atoms with Gasteiger partial charge in [0.05, 0.1) is 13.2 Å². The standard InChI is InChI=1S/C18H31NO2/c1-7-15(8-2)19(12-13(3)4)16-10-9-11-17(21-6)18(16)14(5)20/h9-11,13-15,20H,7-8,12H2,1-6H3/t14-/m0/s1. The molecule has 1 rings (SSSR count). The lowest BCUT2D eigenvalue weighted by Gasteiger charge is -2.36. The molecule has 21 heavy (non-hydrogen) atoms. The van der Waals surface area contributed by atoms with Gasteiger partial charge in [-0.3, -0.25) is 0 Å². The van der Waals surface area contributed by atoms with Crippen molar-refractivity contribution in [3.63, 3.8) is 0 Å². The van der Waals surface area contributed by atoms with Gasteiger partial charge >= 0.3 is 0 Å². The van der Waals surface area contributed by atoms with Crippen LogP contribution in [0.15, 0.2) is 18.2 Å². The molecule has 0 aromatic heterocycles. The molecule has 1 aromatic carbocycles. The fourth-order valence-electron chi connectivity index (χ4n) is 2.95. The van der Waals surface area contributed by atoms with Gasteiger partial charge < -0.3 is 14.7 Å². The smallest absolute Gasteiger partial charge is 0.126 e. The molecule has 0 aliphatic carbocycles. The lowest BCUT2D eigenvalue weighted by Crippen LogP contribution is -2.38. The fraction of sp³-hybridized carbons (Fsp3) is 0.667. The monoisotopic (exact) mass is 293 g/mol. The minimum absolute atomic E-state index is 0.483. The van der Waals surface area contributed by atoms with Crippen LogP contribution in [-0.4, -0.2) is 24.8 Å². The van der Waals surface area contributed by atoms with Crippen LogP contribution in [0.1, 0.15) is 59.1 Å². The van der Waals surface area contributed by atoms with Crippen LogP contribution >= 0.6 is 0 Å². The van der Waals surface area contributed by atoms with Crippen molar-refractivity contribution >= 4 is 5.69 Å². The summed E-state index contributed by atoms with van der Waals surface area (Å²) in [5.74, 6) is 1.33. The topological polar surface area (TPSA) is 32.7 Å². The average molecular weight is 293 g/mol. The first-order chi connectivity index (χ1) is 9.96. The normalized spacial score (nSPS) is 12.8. The SMILES string of the molecule is CCC(CC)N(CC(C)C)c1cccc(OC)c1[C@H](C)O. The number of nitrogens with zero attached hydrogens (tertiary/aromatic N) is 1. The van der Waals surface area contributed by atoms with Crippen LogP contribution < -0.4 is 9.64 Å². The molecule has 1 N–H and O–H groups in total. The Morgan fingerprint density at radius 3 is 2.19 bits per heavy atom. The highest BCUT2D eigenvalue weighted by atomic mass is 16.5. The van der Waals surface area contributed by atoms with Crippen LogP contribution in [0.4, 0.5) is 5.69 Å². The van der Waals surface area contributed by atoms with Gasteiger partial charge in [-0.25, -0.2) is 0 Å². The first-order valence-corrected chi connectivity index (χ1v) is 8.07. The van der Waals surface area contributed by atoms with Crippen LogP contribution in [0.25, 0.3) is 0 Å². The van der Waals surface area contributed by atoms with Crippen molar-refractivity contribution in [3.05, 3.63) is 23.8 Å². The van der Waals surface area contributed by atoms with Crippen LogP contribution in [0.5, 0.6) is 5.75 Å². The molecule has 0 aliphatic heterocycles. The van der Waals surface area contributed by atoms with E-state index in [-0.39, 0.29) is 0 Å². The van der Waals surface area contributed by atoms with Crippen molar-refractivity contribution in [3.8, 4) is 5.75 Å². The van der Waals surface area contributed by atoms with Crippen LogP contribution in [0.2, 0.25) is 0 Å². The summed E-state index contributed by atoms with van der Waals surface area (Å²) in [4.78, 5) is 2.44. The molecule has 0 unspecified atom stereocenters. The fourth-order valence-corrected chi connectivity index (χ4v) is 2.95. The highest BCUT2D eigenvalue weighted by Crippen LogP contribution is 2.36. The molecule has 0 fully saturated rings. The summed E-state index contributed by atoms with van der Waals surface area (Å²) in [6.45, 7) is 11.7. The van der Waals surface area contributed by atoms with Gasteiger partial charge in [0.2, 0.25) is 0 Å². The van der Waals surface area contributed by atoms with E-state index in [1.54, 1.807) is 7.11 Å². The number of hydrogen-bond donors (Lipinski definition) is 1.